The van der Waals surface area contributed by atoms with Crippen molar-refractivity contribution in [1.82, 2.24) is 15.5 Å². The van der Waals surface area contributed by atoms with Crippen LogP contribution in [-0.2, 0) is 4.79 Å². The second kappa shape index (κ2) is 5.33. The number of carboxylic acids is 1. The minimum atomic E-state index is -1.16. The highest BCUT2D eigenvalue weighted by Gasteiger charge is 2.46. The van der Waals surface area contributed by atoms with Crippen LogP contribution >= 0.6 is 0 Å². The van der Waals surface area contributed by atoms with Gasteiger partial charge in [-0.25, -0.2) is 9.78 Å². The molecule has 0 bridgehead atoms. The van der Waals surface area contributed by atoms with Crippen LogP contribution in [0.2, 0.25) is 0 Å². The molecule has 0 aliphatic heterocycles. The molecule has 23 heavy (non-hydrogen) atoms. The SMILES string of the molecule is Cc1noc2nc(C(C)C)cc(C(=O)NC3(C(=O)O)CCC3)c12. The van der Waals surface area contributed by atoms with Crippen molar-refractivity contribution in [3.8, 4) is 0 Å². The first-order valence-electron chi connectivity index (χ1n) is 7.67. The summed E-state index contributed by atoms with van der Waals surface area (Å²) in [6.45, 7) is 5.66. The van der Waals surface area contributed by atoms with Crippen LogP contribution in [0.1, 0.15) is 60.8 Å². The number of pyridine rings is 1. The maximum atomic E-state index is 12.7. The maximum absolute atomic E-state index is 12.7. The van der Waals surface area contributed by atoms with E-state index in [0.29, 0.717) is 40.9 Å². The largest absolute Gasteiger partial charge is 0.480 e. The molecule has 0 aromatic carbocycles. The van der Waals surface area contributed by atoms with Gasteiger partial charge in [-0.1, -0.05) is 19.0 Å². The minimum absolute atomic E-state index is 0.105. The number of carbonyl (C=O) groups excluding carboxylic acids is 1. The molecule has 1 aliphatic carbocycles. The van der Waals surface area contributed by atoms with Crippen molar-refractivity contribution in [2.75, 3.05) is 0 Å². The van der Waals surface area contributed by atoms with Crippen molar-refractivity contribution in [1.29, 1.82) is 0 Å². The Labute approximate surface area is 133 Å². The van der Waals surface area contributed by atoms with Gasteiger partial charge in [0.25, 0.3) is 11.6 Å². The predicted octanol–water partition coefficient (Wildman–Crippen LogP) is 2.39. The topological polar surface area (TPSA) is 105 Å². The molecule has 0 unspecified atom stereocenters. The molecule has 0 saturated heterocycles. The third-order valence-electron chi connectivity index (χ3n) is 4.44. The van der Waals surface area contributed by atoms with E-state index in [2.05, 4.69) is 15.5 Å². The summed E-state index contributed by atoms with van der Waals surface area (Å²) in [7, 11) is 0. The lowest BCUT2D eigenvalue weighted by atomic mass is 9.76. The van der Waals surface area contributed by atoms with Crippen molar-refractivity contribution in [2.24, 2.45) is 0 Å². The van der Waals surface area contributed by atoms with E-state index < -0.39 is 17.4 Å². The molecule has 0 spiro atoms. The number of hydrogen-bond donors (Lipinski definition) is 2. The number of aliphatic carboxylic acids is 1. The zero-order valence-electron chi connectivity index (χ0n) is 13.3. The normalized spacial score (nSPS) is 16.3. The van der Waals surface area contributed by atoms with E-state index in [9.17, 15) is 14.7 Å². The molecule has 2 heterocycles. The smallest absolute Gasteiger partial charge is 0.329 e. The Morgan fingerprint density at radius 3 is 2.61 bits per heavy atom. The van der Waals surface area contributed by atoms with Gasteiger partial charge in [0.2, 0.25) is 0 Å². The minimum Gasteiger partial charge on any atom is -0.480 e. The van der Waals surface area contributed by atoms with Gasteiger partial charge in [-0.2, -0.15) is 0 Å². The van der Waals surface area contributed by atoms with E-state index in [4.69, 9.17) is 4.52 Å². The first-order chi connectivity index (χ1) is 10.8. The lowest BCUT2D eigenvalue weighted by molar-refractivity contribution is -0.148. The lowest BCUT2D eigenvalue weighted by Crippen LogP contribution is -2.59. The van der Waals surface area contributed by atoms with E-state index in [1.54, 1.807) is 13.0 Å². The highest BCUT2D eigenvalue weighted by Crippen LogP contribution is 2.33. The zero-order valence-corrected chi connectivity index (χ0v) is 13.3. The molecular weight excluding hydrogens is 298 g/mol. The van der Waals surface area contributed by atoms with Gasteiger partial charge >= 0.3 is 5.97 Å². The average molecular weight is 317 g/mol. The van der Waals surface area contributed by atoms with E-state index in [1.165, 1.54) is 0 Å². The molecule has 0 atom stereocenters. The number of nitrogens with zero attached hydrogens (tertiary/aromatic N) is 2. The van der Waals surface area contributed by atoms with Crippen LogP contribution in [0.25, 0.3) is 11.1 Å². The average Bonchev–Trinajstić information content (AvgIpc) is 2.82. The summed E-state index contributed by atoms with van der Waals surface area (Å²) in [4.78, 5) is 28.6. The summed E-state index contributed by atoms with van der Waals surface area (Å²) < 4.78 is 5.19. The molecule has 1 fully saturated rings. The van der Waals surface area contributed by atoms with Crippen LogP contribution in [0.4, 0.5) is 0 Å². The van der Waals surface area contributed by atoms with Crippen molar-refractivity contribution in [3.05, 3.63) is 23.0 Å². The first kappa shape index (κ1) is 15.5. The number of nitrogens with one attached hydrogen (secondary N) is 1. The van der Waals surface area contributed by atoms with Crippen molar-refractivity contribution in [3.63, 3.8) is 0 Å². The number of carboxylic acid groups (broad SMARTS) is 1. The second-order valence-corrected chi connectivity index (χ2v) is 6.39. The molecule has 2 N–H and O–H groups in total. The molecule has 0 radical (unpaired) electrons. The molecule has 1 saturated carbocycles. The van der Waals surface area contributed by atoms with Gasteiger partial charge in [-0.3, -0.25) is 4.79 Å². The highest BCUT2D eigenvalue weighted by atomic mass is 16.5. The Kier molecular flexibility index (Phi) is 3.58. The Morgan fingerprint density at radius 2 is 2.09 bits per heavy atom. The van der Waals surface area contributed by atoms with Crippen LogP contribution in [0.15, 0.2) is 10.6 Å². The highest BCUT2D eigenvalue weighted by molar-refractivity contribution is 6.07. The van der Waals surface area contributed by atoms with Gasteiger partial charge in [0.1, 0.15) is 5.54 Å². The Morgan fingerprint density at radius 1 is 1.39 bits per heavy atom. The second-order valence-electron chi connectivity index (χ2n) is 6.39. The summed E-state index contributed by atoms with van der Waals surface area (Å²) in [6.07, 6.45) is 1.69. The van der Waals surface area contributed by atoms with Gasteiger partial charge < -0.3 is 14.9 Å². The molecule has 3 rings (SSSR count). The first-order valence-corrected chi connectivity index (χ1v) is 7.67. The summed E-state index contributed by atoms with van der Waals surface area (Å²) in [5.74, 6) is -1.31. The van der Waals surface area contributed by atoms with Gasteiger partial charge in [0.15, 0.2) is 0 Å². The third kappa shape index (κ3) is 2.46. The molecule has 7 nitrogen and oxygen atoms in total. The Hall–Kier alpha value is -2.44. The Bertz CT molecular complexity index is 790. The monoisotopic (exact) mass is 317 g/mol. The van der Waals surface area contributed by atoms with E-state index >= 15 is 0 Å². The fourth-order valence-corrected chi connectivity index (χ4v) is 2.80. The number of rotatable bonds is 4. The molecule has 122 valence electrons. The molecule has 2 aromatic heterocycles. The number of fused-ring (bicyclic) bond motifs is 1. The predicted molar refractivity (Wildman–Crippen MR) is 82.3 cm³/mol. The third-order valence-corrected chi connectivity index (χ3v) is 4.44. The van der Waals surface area contributed by atoms with E-state index in [-0.39, 0.29) is 5.92 Å². The molecule has 7 heteroatoms. The van der Waals surface area contributed by atoms with Crippen LogP contribution < -0.4 is 5.32 Å². The fourth-order valence-electron chi connectivity index (χ4n) is 2.80. The number of carbonyl (C=O) groups is 2. The van der Waals surface area contributed by atoms with Crippen LogP contribution in [0, 0.1) is 6.92 Å². The quantitative estimate of drug-likeness (QED) is 0.897. The van der Waals surface area contributed by atoms with Gasteiger partial charge in [-0.05, 0) is 38.2 Å². The molecule has 1 aliphatic rings. The van der Waals surface area contributed by atoms with Gasteiger partial charge in [-0.15, -0.1) is 0 Å². The van der Waals surface area contributed by atoms with Crippen molar-refractivity contribution < 1.29 is 19.2 Å². The maximum Gasteiger partial charge on any atom is 0.329 e. The van der Waals surface area contributed by atoms with Crippen LogP contribution in [0.5, 0.6) is 0 Å². The lowest BCUT2D eigenvalue weighted by Gasteiger charge is -2.38. The van der Waals surface area contributed by atoms with Crippen LogP contribution in [0.3, 0.4) is 0 Å². The fraction of sp³-hybridized carbons (Fsp3) is 0.500. The van der Waals surface area contributed by atoms with Crippen molar-refractivity contribution in [2.45, 2.75) is 51.5 Å². The van der Waals surface area contributed by atoms with Crippen LogP contribution in [-0.4, -0.2) is 32.7 Å². The number of aryl methyl sites for hydroxylation is 1. The van der Waals surface area contributed by atoms with E-state index in [0.717, 1.165) is 6.42 Å². The summed E-state index contributed by atoms with van der Waals surface area (Å²) in [5.41, 5.74) is 0.778. The summed E-state index contributed by atoms with van der Waals surface area (Å²) >= 11 is 0. The summed E-state index contributed by atoms with van der Waals surface area (Å²) in [5, 5.41) is 16.5. The summed E-state index contributed by atoms with van der Waals surface area (Å²) in [6, 6.07) is 1.70. The zero-order chi connectivity index (χ0) is 16.8. The van der Waals surface area contributed by atoms with E-state index in [1.807, 2.05) is 13.8 Å². The van der Waals surface area contributed by atoms with Crippen molar-refractivity contribution >= 4 is 23.0 Å². The molecule has 2 aromatic rings. The standard InChI is InChI=1S/C16H19N3O4/c1-8(2)11-7-10(12-9(3)19-23-14(12)17-11)13(20)18-16(15(21)22)5-4-6-16/h7-8H,4-6H2,1-3H3,(H,18,20)(H,21,22). The van der Waals surface area contributed by atoms with Gasteiger partial charge in [0.05, 0.1) is 16.6 Å². The molecule has 1 amide bonds. The Balaban J connectivity index is 2.05. The number of aromatic nitrogens is 2. The molecular formula is C16H19N3O4. The van der Waals surface area contributed by atoms with Gasteiger partial charge in [0, 0.05) is 5.69 Å². The number of amides is 1. The number of hydrogen-bond acceptors (Lipinski definition) is 5.